The molecule has 24 heavy (non-hydrogen) atoms. The van der Waals surface area contributed by atoms with Crippen LogP contribution < -0.4 is 5.32 Å². The molecule has 2 saturated carbocycles. The first-order valence-electron chi connectivity index (χ1n) is 9.32. The first kappa shape index (κ1) is 16.2. The lowest BCUT2D eigenvalue weighted by molar-refractivity contribution is -0.149. The normalized spacial score (nSPS) is 41.5. The summed E-state index contributed by atoms with van der Waals surface area (Å²) in [6.07, 6.45) is 6.31. The zero-order valence-electron chi connectivity index (χ0n) is 14.4. The van der Waals surface area contributed by atoms with E-state index in [0.717, 1.165) is 25.9 Å². The van der Waals surface area contributed by atoms with E-state index in [9.17, 15) is 14.7 Å². The van der Waals surface area contributed by atoms with Gasteiger partial charge in [-0.05, 0) is 43.9 Å². The summed E-state index contributed by atoms with van der Waals surface area (Å²) in [7, 11) is 0. The Kier molecular flexibility index (Phi) is 3.79. The topological polar surface area (TPSA) is 78.9 Å². The molecule has 134 valence electrons. The molecule has 0 aromatic heterocycles. The Balaban J connectivity index is 1.36. The monoisotopic (exact) mass is 336 g/mol. The highest BCUT2D eigenvalue weighted by Crippen LogP contribution is 2.49. The maximum Gasteiger partial charge on any atom is 0.317 e. The second-order valence-corrected chi connectivity index (χ2v) is 8.62. The predicted octanol–water partition coefficient (Wildman–Crippen LogP) is 2.09. The Labute approximate surface area is 142 Å². The highest BCUT2D eigenvalue weighted by Gasteiger charge is 2.56. The van der Waals surface area contributed by atoms with Crippen LogP contribution in [-0.2, 0) is 9.53 Å². The van der Waals surface area contributed by atoms with Gasteiger partial charge in [-0.2, -0.15) is 0 Å². The minimum absolute atomic E-state index is 0.0108. The van der Waals surface area contributed by atoms with Crippen LogP contribution in [0.4, 0.5) is 4.79 Å². The van der Waals surface area contributed by atoms with Gasteiger partial charge in [-0.3, -0.25) is 4.79 Å². The molecule has 4 rings (SSSR count). The number of hydrogen-bond acceptors (Lipinski definition) is 3. The lowest BCUT2D eigenvalue weighted by atomic mass is 9.81. The number of carbonyl (C=O) groups is 2. The molecule has 0 radical (unpaired) electrons. The maximum absolute atomic E-state index is 12.6. The largest absolute Gasteiger partial charge is 0.481 e. The third-order valence-electron chi connectivity index (χ3n) is 6.93. The summed E-state index contributed by atoms with van der Waals surface area (Å²) in [6, 6.07) is -0.104. The van der Waals surface area contributed by atoms with E-state index in [-0.39, 0.29) is 23.5 Å². The van der Waals surface area contributed by atoms with Gasteiger partial charge in [0.05, 0.1) is 11.5 Å². The molecule has 0 aromatic rings. The molecule has 6 nitrogen and oxygen atoms in total. The average molecular weight is 336 g/mol. The minimum atomic E-state index is -0.731. The van der Waals surface area contributed by atoms with Gasteiger partial charge >= 0.3 is 12.0 Å². The molecule has 6 heteroatoms. The molecule has 2 aliphatic heterocycles. The van der Waals surface area contributed by atoms with Crippen LogP contribution in [0.25, 0.3) is 0 Å². The van der Waals surface area contributed by atoms with E-state index < -0.39 is 11.4 Å². The first-order valence-corrected chi connectivity index (χ1v) is 9.32. The number of nitrogens with zero attached hydrogens (tertiary/aromatic N) is 1. The molecule has 2 unspecified atom stereocenters. The van der Waals surface area contributed by atoms with Crippen molar-refractivity contribution in [1.29, 1.82) is 0 Å². The predicted molar refractivity (Wildman–Crippen MR) is 87.6 cm³/mol. The van der Waals surface area contributed by atoms with Gasteiger partial charge in [0.2, 0.25) is 0 Å². The summed E-state index contributed by atoms with van der Waals surface area (Å²) >= 11 is 0. The summed E-state index contributed by atoms with van der Waals surface area (Å²) in [5.74, 6) is 0.0476. The van der Waals surface area contributed by atoms with Crippen LogP contribution in [0.3, 0.4) is 0 Å². The Morgan fingerprint density at radius 3 is 2.75 bits per heavy atom. The SMILES string of the molecule is CC1(CNC(=O)N2C[C@@H]3CCC[C@@]3(C(=O)O)C2)CCOC1C1CC1. The van der Waals surface area contributed by atoms with Gasteiger partial charge in [-0.15, -0.1) is 0 Å². The van der Waals surface area contributed by atoms with Crippen LogP contribution in [0, 0.1) is 22.7 Å². The number of amides is 2. The molecule has 4 atom stereocenters. The smallest absolute Gasteiger partial charge is 0.317 e. The molecule has 2 heterocycles. The van der Waals surface area contributed by atoms with Gasteiger partial charge in [0.15, 0.2) is 0 Å². The van der Waals surface area contributed by atoms with E-state index in [1.807, 2.05) is 0 Å². The molecule has 2 saturated heterocycles. The number of rotatable bonds is 4. The fourth-order valence-corrected chi connectivity index (χ4v) is 5.24. The van der Waals surface area contributed by atoms with Gasteiger partial charge < -0.3 is 20.1 Å². The van der Waals surface area contributed by atoms with Gasteiger partial charge in [-0.1, -0.05) is 13.3 Å². The number of carboxylic acids is 1. The van der Waals surface area contributed by atoms with Crippen molar-refractivity contribution in [3.8, 4) is 0 Å². The van der Waals surface area contributed by atoms with E-state index in [2.05, 4.69) is 12.2 Å². The number of carbonyl (C=O) groups excluding carboxylic acids is 1. The van der Waals surface area contributed by atoms with Crippen LogP contribution in [0.15, 0.2) is 0 Å². The van der Waals surface area contributed by atoms with E-state index >= 15 is 0 Å². The van der Waals surface area contributed by atoms with Crippen LogP contribution in [0.1, 0.15) is 45.4 Å². The molecule has 4 aliphatic rings. The van der Waals surface area contributed by atoms with E-state index in [4.69, 9.17) is 4.74 Å². The first-order chi connectivity index (χ1) is 11.4. The van der Waals surface area contributed by atoms with Gasteiger partial charge in [0.25, 0.3) is 0 Å². The van der Waals surface area contributed by atoms with Crippen molar-refractivity contribution in [2.24, 2.45) is 22.7 Å². The third kappa shape index (κ3) is 2.50. The number of hydrogen-bond donors (Lipinski definition) is 2. The molecule has 2 aliphatic carbocycles. The molecular formula is C18H28N2O4. The Bertz CT molecular complexity index is 549. The number of fused-ring (bicyclic) bond motifs is 1. The summed E-state index contributed by atoms with van der Waals surface area (Å²) in [4.78, 5) is 26.1. The molecule has 4 fully saturated rings. The van der Waals surface area contributed by atoms with Crippen molar-refractivity contribution in [2.45, 2.75) is 51.6 Å². The van der Waals surface area contributed by atoms with Gasteiger partial charge in [0, 0.05) is 31.7 Å². The number of aliphatic carboxylic acids is 1. The zero-order valence-corrected chi connectivity index (χ0v) is 14.4. The number of carboxylic acid groups (broad SMARTS) is 1. The van der Waals surface area contributed by atoms with Crippen LogP contribution in [-0.4, -0.2) is 54.4 Å². The Morgan fingerprint density at radius 1 is 1.29 bits per heavy atom. The van der Waals surface area contributed by atoms with Crippen LogP contribution in [0.5, 0.6) is 0 Å². The standard InChI is InChI=1S/C18H28N2O4/c1-17(7-8-24-14(17)12-4-5-12)10-19-16(23)20-9-13-3-2-6-18(13,11-20)15(21)22/h12-14H,2-11H2,1H3,(H,19,23)(H,21,22)/t13-,14?,17?,18+/m0/s1. The van der Waals surface area contributed by atoms with Crippen molar-refractivity contribution in [3.63, 3.8) is 0 Å². The summed E-state index contributed by atoms with van der Waals surface area (Å²) in [5, 5.41) is 12.7. The van der Waals surface area contributed by atoms with E-state index in [1.165, 1.54) is 12.8 Å². The lowest BCUT2D eigenvalue weighted by Crippen LogP contribution is -2.47. The van der Waals surface area contributed by atoms with Crippen LogP contribution in [0.2, 0.25) is 0 Å². The Hall–Kier alpha value is -1.30. The zero-order chi connectivity index (χ0) is 16.9. The average Bonchev–Trinajstić information content (AvgIpc) is 3.01. The second-order valence-electron chi connectivity index (χ2n) is 8.62. The number of nitrogens with one attached hydrogen (secondary N) is 1. The van der Waals surface area contributed by atoms with Crippen molar-refractivity contribution >= 4 is 12.0 Å². The minimum Gasteiger partial charge on any atom is -0.481 e. The quantitative estimate of drug-likeness (QED) is 0.824. The fourth-order valence-electron chi connectivity index (χ4n) is 5.24. The van der Waals surface area contributed by atoms with E-state index in [0.29, 0.717) is 32.0 Å². The Morgan fingerprint density at radius 2 is 2.08 bits per heavy atom. The number of urea groups is 1. The second kappa shape index (κ2) is 5.61. The fraction of sp³-hybridized carbons (Fsp3) is 0.889. The molecular weight excluding hydrogens is 308 g/mol. The van der Waals surface area contributed by atoms with E-state index in [1.54, 1.807) is 4.90 Å². The lowest BCUT2D eigenvalue weighted by Gasteiger charge is -2.31. The molecule has 2 N–H and O–H groups in total. The number of ether oxygens (including phenoxy) is 1. The molecule has 0 aromatic carbocycles. The molecule has 2 amide bonds. The van der Waals surface area contributed by atoms with Crippen molar-refractivity contribution in [2.75, 3.05) is 26.2 Å². The maximum atomic E-state index is 12.6. The van der Waals surface area contributed by atoms with Gasteiger partial charge in [-0.25, -0.2) is 4.79 Å². The number of likely N-dealkylation sites (tertiary alicyclic amines) is 1. The van der Waals surface area contributed by atoms with Gasteiger partial charge in [0.1, 0.15) is 0 Å². The van der Waals surface area contributed by atoms with Crippen molar-refractivity contribution in [1.82, 2.24) is 10.2 Å². The molecule has 0 spiro atoms. The highest BCUT2D eigenvalue weighted by molar-refractivity contribution is 5.80. The third-order valence-corrected chi connectivity index (χ3v) is 6.93. The van der Waals surface area contributed by atoms with Crippen LogP contribution >= 0.6 is 0 Å². The van der Waals surface area contributed by atoms with Crippen molar-refractivity contribution in [3.05, 3.63) is 0 Å². The van der Waals surface area contributed by atoms with Crippen molar-refractivity contribution < 1.29 is 19.4 Å². The summed E-state index contributed by atoms with van der Waals surface area (Å²) < 4.78 is 5.92. The summed E-state index contributed by atoms with van der Waals surface area (Å²) in [5.41, 5.74) is -0.689. The molecule has 0 bridgehead atoms. The highest BCUT2D eigenvalue weighted by atomic mass is 16.5. The summed E-state index contributed by atoms with van der Waals surface area (Å²) in [6.45, 7) is 4.55.